The van der Waals surface area contributed by atoms with E-state index in [-0.39, 0.29) is 34.9 Å². The number of fused-ring (bicyclic) bond motifs is 1. The van der Waals surface area contributed by atoms with E-state index < -0.39 is 17.8 Å². The first kappa shape index (κ1) is 25.7. The van der Waals surface area contributed by atoms with E-state index in [1.807, 2.05) is 0 Å². The van der Waals surface area contributed by atoms with Gasteiger partial charge in [0.15, 0.2) is 5.69 Å². The van der Waals surface area contributed by atoms with Gasteiger partial charge in [-0.25, -0.2) is 9.78 Å². The predicted octanol–water partition coefficient (Wildman–Crippen LogP) is 5.06. The number of halogens is 4. The minimum Gasteiger partial charge on any atom is -0.464 e. The molecular weight excluding hydrogens is 499 g/mol. The van der Waals surface area contributed by atoms with Crippen LogP contribution in [0.25, 0.3) is 10.9 Å². The van der Waals surface area contributed by atoms with Gasteiger partial charge in [-0.3, -0.25) is 9.48 Å². The quantitative estimate of drug-likeness (QED) is 0.438. The number of anilines is 1. The Morgan fingerprint density at radius 3 is 2.64 bits per heavy atom. The van der Waals surface area contributed by atoms with E-state index in [1.54, 1.807) is 13.0 Å². The van der Waals surface area contributed by atoms with Crippen molar-refractivity contribution in [3.63, 3.8) is 0 Å². The number of esters is 1. The molecule has 36 heavy (non-hydrogen) atoms. The number of aryl methyl sites for hydroxylation is 1. The normalized spacial score (nSPS) is 18.2. The Morgan fingerprint density at radius 2 is 1.94 bits per heavy atom. The van der Waals surface area contributed by atoms with Crippen molar-refractivity contribution in [1.29, 1.82) is 0 Å². The number of alkyl halides is 3. The van der Waals surface area contributed by atoms with Gasteiger partial charge in [0.05, 0.1) is 12.6 Å². The minimum absolute atomic E-state index is 0.0383. The summed E-state index contributed by atoms with van der Waals surface area (Å²) in [5.74, 6) is -1.02. The SMILES string of the molecule is CCn1nc(C(=O)OC)cc1C(=O)N[C@@H]1CCC[C@H](Nc2cc(C(F)(F)F)nc3ccc(Cl)cc23)C1. The van der Waals surface area contributed by atoms with Crippen LogP contribution in [-0.4, -0.2) is 45.8 Å². The van der Waals surface area contributed by atoms with Crippen molar-refractivity contribution in [3.8, 4) is 0 Å². The highest BCUT2D eigenvalue weighted by Crippen LogP contribution is 2.35. The lowest BCUT2D eigenvalue weighted by Crippen LogP contribution is -2.42. The molecule has 1 aromatic carbocycles. The van der Waals surface area contributed by atoms with Crippen LogP contribution in [0.5, 0.6) is 0 Å². The smallest absolute Gasteiger partial charge is 0.433 e. The number of hydrogen-bond acceptors (Lipinski definition) is 6. The number of amides is 1. The van der Waals surface area contributed by atoms with Crippen LogP contribution in [0, 0.1) is 0 Å². The van der Waals surface area contributed by atoms with Gasteiger partial charge in [-0.2, -0.15) is 18.3 Å². The van der Waals surface area contributed by atoms with E-state index in [9.17, 15) is 22.8 Å². The maximum atomic E-state index is 13.5. The number of hydrogen-bond donors (Lipinski definition) is 2. The highest BCUT2D eigenvalue weighted by molar-refractivity contribution is 6.31. The molecule has 2 N–H and O–H groups in total. The third-order valence-corrected chi connectivity index (χ3v) is 6.37. The number of aromatic nitrogens is 3. The number of ether oxygens (including phenoxy) is 1. The van der Waals surface area contributed by atoms with Gasteiger partial charge in [0.25, 0.3) is 5.91 Å². The zero-order valence-electron chi connectivity index (χ0n) is 19.7. The van der Waals surface area contributed by atoms with E-state index in [2.05, 4.69) is 25.5 Å². The van der Waals surface area contributed by atoms with Crippen LogP contribution < -0.4 is 10.6 Å². The molecule has 8 nitrogen and oxygen atoms in total. The highest BCUT2D eigenvalue weighted by atomic mass is 35.5. The third kappa shape index (κ3) is 5.56. The van der Waals surface area contributed by atoms with Crippen molar-refractivity contribution in [2.24, 2.45) is 0 Å². The fourth-order valence-electron chi connectivity index (χ4n) is 4.44. The lowest BCUT2D eigenvalue weighted by molar-refractivity contribution is -0.140. The summed E-state index contributed by atoms with van der Waals surface area (Å²) in [4.78, 5) is 28.5. The third-order valence-electron chi connectivity index (χ3n) is 6.14. The largest absolute Gasteiger partial charge is 0.464 e. The van der Waals surface area contributed by atoms with Crippen LogP contribution in [0.3, 0.4) is 0 Å². The van der Waals surface area contributed by atoms with Gasteiger partial charge in [0.2, 0.25) is 0 Å². The molecule has 12 heteroatoms. The van der Waals surface area contributed by atoms with Crippen LogP contribution >= 0.6 is 11.6 Å². The molecule has 0 unspecified atom stereocenters. The number of carbonyl (C=O) groups is 2. The Balaban J connectivity index is 1.52. The Morgan fingerprint density at radius 1 is 1.19 bits per heavy atom. The molecule has 0 radical (unpaired) electrons. The van der Waals surface area contributed by atoms with Crippen LogP contribution in [-0.2, 0) is 17.5 Å². The summed E-state index contributed by atoms with van der Waals surface area (Å²) < 4.78 is 46.5. The van der Waals surface area contributed by atoms with Crippen molar-refractivity contribution < 1.29 is 27.5 Å². The van der Waals surface area contributed by atoms with E-state index >= 15 is 0 Å². The van der Waals surface area contributed by atoms with Crippen LogP contribution in [0.2, 0.25) is 5.02 Å². The summed E-state index contributed by atoms with van der Waals surface area (Å²) in [7, 11) is 1.24. The summed E-state index contributed by atoms with van der Waals surface area (Å²) in [6, 6.07) is 6.52. The monoisotopic (exact) mass is 523 g/mol. The van der Waals surface area contributed by atoms with Crippen molar-refractivity contribution in [2.45, 2.75) is 57.4 Å². The maximum absolute atomic E-state index is 13.5. The molecule has 0 saturated heterocycles. The molecule has 1 amide bonds. The van der Waals surface area contributed by atoms with E-state index in [0.717, 1.165) is 18.9 Å². The van der Waals surface area contributed by atoms with E-state index in [0.29, 0.717) is 35.5 Å². The number of pyridine rings is 1. The average molecular weight is 524 g/mol. The molecule has 2 aromatic heterocycles. The molecule has 0 bridgehead atoms. The lowest BCUT2D eigenvalue weighted by Gasteiger charge is -2.31. The molecular formula is C24H25ClF3N5O3. The molecule has 1 aliphatic carbocycles. The summed E-state index contributed by atoms with van der Waals surface area (Å²) in [5, 5.41) is 11.2. The van der Waals surface area contributed by atoms with E-state index in [4.69, 9.17) is 11.6 Å². The summed E-state index contributed by atoms with van der Waals surface area (Å²) in [5.41, 5.74) is -0.242. The number of nitrogens with zero attached hydrogens (tertiary/aromatic N) is 3. The Bertz CT molecular complexity index is 1290. The highest BCUT2D eigenvalue weighted by Gasteiger charge is 2.34. The summed E-state index contributed by atoms with van der Waals surface area (Å²) in [6.45, 7) is 2.18. The predicted molar refractivity (Wildman–Crippen MR) is 128 cm³/mol. The molecule has 2 atom stereocenters. The van der Waals surface area contributed by atoms with Gasteiger partial charge in [0.1, 0.15) is 11.4 Å². The Kier molecular flexibility index (Phi) is 7.39. The first-order valence-electron chi connectivity index (χ1n) is 11.5. The Hall–Kier alpha value is -3.34. The van der Waals surface area contributed by atoms with Gasteiger partial charge in [-0.05, 0) is 56.9 Å². The molecule has 0 aliphatic heterocycles. The number of nitrogens with one attached hydrogen (secondary N) is 2. The summed E-state index contributed by atoms with van der Waals surface area (Å²) >= 11 is 6.10. The second-order valence-electron chi connectivity index (χ2n) is 8.61. The molecule has 3 aromatic rings. The molecule has 1 fully saturated rings. The molecule has 1 aliphatic rings. The molecule has 4 rings (SSSR count). The number of benzene rings is 1. The standard InChI is InChI=1S/C24H25ClF3N5O3/c1-3-33-20(11-19(32-33)23(35)36-2)22(34)30-15-6-4-5-14(10-15)29-18-12-21(24(26,27)28)31-17-8-7-13(25)9-16(17)18/h7-9,11-12,14-15H,3-6,10H2,1-2H3,(H,29,31)(H,30,34)/t14-,15+/m0/s1. The topological polar surface area (TPSA) is 98.1 Å². The van der Waals surface area contributed by atoms with Gasteiger partial charge in [-0.15, -0.1) is 0 Å². The molecule has 0 spiro atoms. The van der Waals surface area contributed by atoms with Crippen molar-refractivity contribution in [2.75, 3.05) is 12.4 Å². The fraction of sp³-hybridized carbons (Fsp3) is 0.417. The van der Waals surface area contributed by atoms with Crippen molar-refractivity contribution in [1.82, 2.24) is 20.1 Å². The maximum Gasteiger partial charge on any atom is 0.433 e. The first-order valence-corrected chi connectivity index (χ1v) is 11.9. The zero-order chi connectivity index (χ0) is 26.0. The number of rotatable bonds is 6. The van der Waals surface area contributed by atoms with Crippen LogP contribution in [0.15, 0.2) is 30.3 Å². The zero-order valence-corrected chi connectivity index (χ0v) is 20.4. The fourth-order valence-corrected chi connectivity index (χ4v) is 4.61. The average Bonchev–Trinajstić information content (AvgIpc) is 3.28. The molecule has 192 valence electrons. The molecule has 1 saturated carbocycles. The van der Waals surface area contributed by atoms with Crippen molar-refractivity contribution >= 4 is 40.1 Å². The number of methoxy groups -OCH3 is 1. The second kappa shape index (κ2) is 10.3. The lowest BCUT2D eigenvalue weighted by atomic mass is 9.90. The summed E-state index contributed by atoms with van der Waals surface area (Å²) in [6.07, 6.45) is -1.90. The minimum atomic E-state index is -4.60. The second-order valence-corrected chi connectivity index (χ2v) is 9.05. The van der Waals surface area contributed by atoms with Crippen molar-refractivity contribution in [3.05, 3.63) is 52.4 Å². The Labute approximate surface area is 210 Å². The van der Waals surface area contributed by atoms with Crippen LogP contribution in [0.1, 0.15) is 59.3 Å². The van der Waals surface area contributed by atoms with Gasteiger partial charge in [-0.1, -0.05) is 11.6 Å². The van der Waals surface area contributed by atoms with Gasteiger partial charge >= 0.3 is 12.1 Å². The molecule has 2 heterocycles. The van der Waals surface area contributed by atoms with Gasteiger partial charge < -0.3 is 15.4 Å². The van der Waals surface area contributed by atoms with Crippen LogP contribution in [0.4, 0.5) is 18.9 Å². The van der Waals surface area contributed by atoms with E-state index in [1.165, 1.54) is 30.0 Å². The van der Waals surface area contributed by atoms with Gasteiger partial charge in [0, 0.05) is 40.8 Å². The number of carbonyl (C=O) groups excluding carboxylic acids is 2. The first-order chi connectivity index (χ1) is 17.1.